The Kier molecular flexibility index (Phi) is 16.2. The minimum absolute atomic E-state index is 0.0209. The zero-order valence-corrected chi connectivity index (χ0v) is 39.7. The van der Waals surface area contributed by atoms with Gasteiger partial charge in [0, 0.05) is 98.2 Å². The standard InChI is InChI=1S/C47H84N4O8/c1-26(2)35-17-31(18-36(48-35)27(3)4)57-41(53)47(42(54)58-33-20-38(29(7)8)50-45(13,14)23-33,43(55)59-34-21-39(30(9)10)51-46(15,16)24-34)25-40(52)56-32-19-37(28(5)6)49-44(11,12)22-32/h26-39,48-51H,17-25H2,1-16H3. The van der Waals surface area contributed by atoms with Crippen molar-refractivity contribution < 1.29 is 38.1 Å². The van der Waals surface area contributed by atoms with Crippen molar-refractivity contribution in [1.82, 2.24) is 21.3 Å². The average molecular weight is 833 g/mol. The van der Waals surface area contributed by atoms with Crippen LogP contribution in [-0.2, 0) is 38.1 Å². The van der Waals surface area contributed by atoms with E-state index in [0.29, 0.717) is 51.4 Å². The Bertz CT molecular complexity index is 1390. The maximum atomic E-state index is 15.2. The van der Waals surface area contributed by atoms with E-state index in [4.69, 9.17) is 18.9 Å². The number of hydrogen-bond acceptors (Lipinski definition) is 12. The molecule has 4 aliphatic rings. The normalized spacial score (nSPS) is 33.1. The number of piperidine rings is 4. The molecule has 0 aromatic heterocycles. The highest BCUT2D eigenvalue weighted by atomic mass is 16.6. The second kappa shape index (κ2) is 19.4. The van der Waals surface area contributed by atoms with Crippen LogP contribution >= 0.6 is 0 Å². The predicted molar refractivity (Wildman–Crippen MR) is 231 cm³/mol. The number of rotatable bonds is 14. The summed E-state index contributed by atoms with van der Waals surface area (Å²) in [4.78, 5) is 60.2. The van der Waals surface area contributed by atoms with Crippen LogP contribution in [0.15, 0.2) is 0 Å². The summed E-state index contributed by atoms with van der Waals surface area (Å²) < 4.78 is 25.3. The molecular formula is C47H84N4O8. The van der Waals surface area contributed by atoms with Gasteiger partial charge in [-0.3, -0.25) is 19.2 Å². The lowest BCUT2D eigenvalue weighted by Gasteiger charge is -2.45. The van der Waals surface area contributed by atoms with E-state index in [2.05, 4.69) is 132 Å². The first kappa shape index (κ1) is 49.4. The SMILES string of the molecule is CC(C)C1CC(OC(=O)C(CC(=O)OC2CC(C(C)C)NC(C)(C)C2)(C(=O)OC2CC(C(C)C)NC(C)(C)C2)C(=O)OC2CC(C(C)C)NC(C)(C)C2)CC(C(C)C)N1. The molecule has 4 saturated heterocycles. The highest BCUT2D eigenvalue weighted by molar-refractivity contribution is 6.20. The van der Waals surface area contributed by atoms with E-state index in [1.807, 2.05) is 0 Å². The van der Waals surface area contributed by atoms with Gasteiger partial charge in [-0.25, -0.2) is 0 Å². The van der Waals surface area contributed by atoms with Crippen molar-refractivity contribution in [2.24, 2.45) is 35.0 Å². The van der Waals surface area contributed by atoms with Crippen molar-refractivity contribution in [3.63, 3.8) is 0 Å². The van der Waals surface area contributed by atoms with Crippen LogP contribution in [0.25, 0.3) is 0 Å². The van der Waals surface area contributed by atoms with Crippen LogP contribution in [0.1, 0.15) is 169 Å². The predicted octanol–water partition coefficient (Wildman–Crippen LogP) is 7.00. The fourth-order valence-corrected chi connectivity index (χ4v) is 10.0. The van der Waals surface area contributed by atoms with Crippen molar-refractivity contribution in [2.45, 2.75) is 240 Å². The summed E-state index contributed by atoms with van der Waals surface area (Å²) in [7, 11) is 0. The van der Waals surface area contributed by atoms with Gasteiger partial charge in [0.1, 0.15) is 24.4 Å². The van der Waals surface area contributed by atoms with Crippen molar-refractivity contribution in [3.8, 4) is 0 Å². The van der Waals surface area contributed by atoms with E-state index in [9.17, 15) is 4.79 Å². The molecule has 4 heterocycles. The molecule has 59 heavy (non-hydrogen) atoms. The lowest BCUT2D eigenvalue weighted by Crippen LogP contribution is -2.60. The third kappa shape index (κ3) is 13.1. The smallest absolute Gasteiger partial charge is 0.336 e. The van der Waals surface area contributed by atoms with E-state index in [1.165, 1.54) is 0 Å². The van der Waals surface area contributed by atoms with Crippen LogP contribution in [0.2, 0.25) is 0 Å². The number of hydrogen-bond donors (Lipinski definition) is 4. The summed E-state index contributed by atoms with van der Waals surface area (Å²) in [5.41, 5.74) is -3.86. The van der Waals surface area contributed by atoms with Gasteiger partial charge in [0.05, 0.1) is 6.42 Å². The summed E-state index contributed by atoms with van der Waals surface area (Å²) >= 11 is 0. The molecule has 12 nitrogen and oxygen atoms in total. The Morgan fingerprint density at radius 3 is 1.03 bits per heavy atom. The highest BCUT2D eigenvalue weighted by Gasteiger charge is 2.62. The lowest BCUT2D eigenvalue weighted by atomic mass is 9.80. The number of carbonyl (C=O) groups is 4. The lowest BCUT2D eigenvalue weighted by molar-refractivity contribution is -0.198. The Morgan fingerprint density at radius 2 is 0.729 bits per heavy atom. The largest absolute Gasteiger partial charge is 0.462 e. The molecule has 0 radical (unpaired) electrons. The molecule has 0 amide bonds. The third-order valence-electron chi connectivity index (χ3n) is 13.6. The molecular weight excluding hydrogens is 749 g/mol. The third-order valence-corrected chi connectivity index (χ3v) is 13.6. The Hall–Kier alpha value is -2.28. The molecule has 0 spiro atoms. The molecule has 4 fully saturated rings. The second-order valence-corrected chi connectivity index (χ2v) is 22.6. The minimum atomic E-state index is -2.74. The first-order valence-electron chi connectivity index (χ1n) is 23.0. The molecule has 8 atom stereocenters. The van der Waals surface area contributed by atoms with E-state index in [1.54, 1.807) is 0 Å². The second-order valence-electron chi connectivity index (χ2n) is 22.6. The number of carbonyl (C=O) groups excluding carboxylic acids is 4. The van der Waals surface area contributed by atoms with Crippen molar-refractivity contribution >= 4 is 23.9 Å². The zero-order chi connectivity index (χ0) is 44.4. The monoisotopic (exact) mass is 833 g/mol. The van der Waals surface area contributed by atoms with Crippen LogP contribution < -0.4 is 21.3 Å². The van der Waals surface area contributed by atoms with Crippen molar-refractivity contribution in [3.05, 3.63) is 0 Å². The number of nitrogens with one attached hydrogen (secondary N) is 4. The van der Waals surface area contributed by atoms with E-state index in [0.717, 1.165) is 0 Å². The molecule has 0 aliphatic carbocycles. The minimum Gasteiger partial charge on any atom is -0.462 e. The number of ether oxygens (including phenoxy) is 4. The molecule has 0 aromatic carbocycles. The van der Waals surface area contributed by atoms with Gasteiger partial charge in [0.25, 0.3) is 5.41 Å². The molecule has 12 heteroatoms. The zero-order valence-electron chi connectivity index (χ0n) is 39.7. The molecule has 4 rings (SSSR count). The number of esters is 4. The van der Waals surface area contributed by atoms with Gasteiger partial charge in [-0.2, -0.15) is 0 Å². The fourth-order valence-electron chi connectivity index (χ4n) is 10.0. The summed E-state index contributed by atoms with van der Waals surface area (Å²) in [6, 6.07) is 0.206. The topological polar surface area (TPSA) is 153 Å². The summed E-state index contributed by atoms with van der Waals surface area (Å²) in [6.45, 7) is 33.5. The molecule has 4 aliphatic heterocycles. The summed E-state index contributed by atoms with van der Waals surface area (Å²) in [5, 5.41) is 14.7. The summed E-state index contributed by atoms with van der Waals surface area (Å²) in [6.07, 6.45) is 0.703. The quantitative estimate of drug-likeness (QED) is 0.0810. The highest BCUT2D eigenvalue weighted by Crippen LogP contribution is 2.39. The molecule has 4 N–H and O–H groups in total. The van der Waals surface area contributed by atoms with Crippen LogP contribution in [0.4, 0.5) is 0 Å². The molecule has 0 aromatic rings. The van der Waals surface area contributed by atoms with E-state index in [-0.39, 0.29) is 65.3 Å². The van der Waals surface area contributed by atoms with Crippen LogP contribution in [0, 0.1) is 35.0 Å². The Balaban J connectivity index is 1.80. The molecule has 0 saturated carbocycles. The molecule has 0 bridgehead atoms. The van der Waals surface area contributed by atoms with Gasteiger partial charge in [-0.05, 0) is 71.1 Å². The Morgan fingerprint density at radius 1 is 0.458 bits per heavy atom. The van der Waals surface area contributed by atoms with Crippen LogP contribution in [-0.4, -0.2) is 95.1 Å². The summed E-state index contributed by atoms with van der Waals surface area (Å²) in [5.74, 6) is -2.93. The van der Waals surface area contributed by atoms with Crippen molar-refractivity contribution in [1.29, 1.82) is 0 Å². The van der Waals surface area contributed by atoms with Gasteiger partial charge < -0.3 is 40.2 Å². The van der Waals surface area contributed by atoms with E-state index >= 15 is 14.4 Å². The van der Waals surface area contributed by atoms with Gasteiger partial charge >= 0.3 is 23.9 Å². The van der Waals surface area contributed by atoms with Crippen LogP contribution in [0.5, 0.6) is 0 Å². The van der Waals surface area contributed by atoms with Gasteiger partial charge in [-0.15, -0.1) is 0 Å². The van der Waals surface area contributed by atoms with E-state index < -0.39 is 71.2 Å². The molecule has 340 valence electrons. The van der Waals surface area contributed by atoms with Gasteiger partial charge in [0.2, 0.25) is 0 Å². The maximum Gasteiger partial charge on any atom is 0.336 e. The Labute approximate surface area is 357 Å². The fraction of sp³-hybridized carbons (Fsp3) is 0.915. The van der Waals surface area contributed by atoms with Gasteiger partial charge in [0.15, 0.2) is 0 Å². The average Bonchev–Trinajstić information content (AvgIpc) is 3.07. The van der Waals surface area contributed by atoms with Crippen LogP contribution in [0.3, 0.4) is 0 Å². The van der Waals surface area contributed by atoms with Crippen molar-refractivity contribution in [2.75, 3.05) is 0 Å². The van der Waals surface area contributed by atoms with Gasteiger partial charge in [-0.1, -0.05) is 69.2 Å². The first-order valence-corrected chi connectivity index (χ1v) is 23.0. The first-order chi connectivity index (χ1) is 27.1. The molecule has 8 unspecified atom stereocenters. The maximum absolute atomic E-state index is 15.2.